The summed E-state index contributed by atoms with van der Waals surface area (Å²) in [5.41, 5.74) is 2.45. The van der Waals surface area contributed by atoms with Gasteiger partial charge in [-0.3, -0.25) is 9.59 Å². The Kier molecular flexibility index (Phi) is 4.96. The molecule has 0 spiro atoms. The van der Waals surface area contributed by atoms with Crippen LogP contribution in [0.4, 0.5) is 0 Å². The predicted octanol–water partition coefficient (Wildman–Crippen LogP) is 2.01. The van der Waals surface area contributed by atoms with Gasteiger partial charge in [-0.05, 0) is 38.3 Å². The van der Waals surface area contributed by atoms with Gasteiger partial charge >= 0.3 is 5.97 Å². The number of carboxylic acids is 1. The van der Waals surface area contributed by atoms with E-state index in [2.05, 4.69) is 0 Å². The minimum Gasteiger partial charge on any atom is -0.480 e. The minimum atomic E-state index is -0.986. The van der Waals surface area contributed by atoms with E-state index in [4.69, 9.17) is 9.84 Å². The van der Waals surface area contributed by atoms with Crippen molar-refractivity contribution in [2.24, 2.45) is 0 Å². The first-order chi connectivity index (χ1) is 9.99. The number of hydrogen-bond donors (Lipinski definition) is 1. The molecule has 1 aliphatic rings. The Balaban J connectivity index is 2.28. The van der Waals surface area contributed by atoms with Gasteiger partial charge in [0.2, 0.25) is 0 Å². The summed E-state index contributed by atoms with van der Waals surface area (Å²) >= 11 is 0. The maximum Gasteiger partial charge on any atom is 0.323 e. The molecule has 5 heteroatoms. The van der Waals surface area contributed by atoms with E-state index in [9.17, 15) is 9.59 Å². The Morgan fingerprint density at radius 1 is 1.29 bits per heavy atom. The van der Waals surface area contributed by atoms with Crippen LogP contribution in [0.1, 0.15) is 34.3 Å². The molecule has 1 heterocycles. The van der Waals surface area contributed by atoms with E-state index in [-0.39, 0.29) is 18.5 Å². The molecular formula is C16H21NO4. The summed E-state index contributed by atoms with van der Waals surface area (Å²) in [6.07, 6.45) is 1.37. The van der Waals surface area contributed by atoms with Crippen LogP contribution in [-0.4, -0.2) is 47.7 Å². The molecule has 5 nitrogen and oxygen atoms in total. The van der Waals surface area contributed by atoms with Crippen LogP contribution in [0.15, 0.2) is 18.2 Å². The predicted molar refractivity (Wildman–Crippen MR) is 78.4 cm³/mol. The van der Waals surface area contributed by atoms with Crippen LogP contribution in [0.25, 0.3) is 0 Å². The van der Waals surface area contributed by atoms with Crippen LogP contribution in [0.5, 0.6) is 0 Å². The summed E-state index contributed by atoms with van der Waals surface area (Å²) in [5, 5.41) is 9.11. The van der Waals surface area contributed by atoms with E-state index < -0.39 is 5.97 Å². The van der Waals surface area contributed by atoms with Gasteiger partial charge in [0.05, 0.1) is 0 Å². The number of hydrogen-bond acceptors (Lipinski definition) is 3. The highest BCUT2D eigenvalue weighted by Gasteiger charge is 2.29. The van der Waals surface area contributed by atoms with E-state index in [1.807, 2.05) is 32.0 Å². The zero-order valence-electron chi connectivity index (χ0n) is 12.5. The first-order valence-corrected chi connectivity index (χ1v) is 7.17. The molecule has 0 atom stereocenters. The summed E-state index contributed by atoms with van der Waals surface area (Å²) in [6.45, 7) is 4.67. The van der Waals surface area contributed by atoms with Crippen molar-refractivity contribution >= 4 is 11.9 Å². The number of nitrogens with zero attached hydrogens (tertiary/aromatic N) is 1. The largest absolute Gasteiger partial charge is 0.480 e. The zero-order chi connectivity index (χ0) is 15.4. The first-order valence-electron chi connectivity index (χ1n) is 7.17. The molecule has 1 amide bonds. The van der Waals surface area contributed by atoms with Crippen LogP contribution >= 0.6 is 0 Å². The van der Waals surface area contributed by atoms with Crippen molar-refractivity contribution in [3.8, 4) is 0 Å². The highest BCUT2D eigenvalue weighted by Crippen LogP contribution is 2.20. The Hall–Kier alpha value is -1.88. The van der Waals surface area contributed by atoms with Gasteiger partial charge in [-0.25, -0.2) is 0 Å². The van der Waals surface area contributed by atoms with Crippen LogP contribution < -0.4 is 0 Å². The fraction of sp³-hybridized carbons (Fsp3) is 0.500. The average Bonchev–Trinajstić information content (AvgIpc) is 2.47. The smallest absolute Gasteiger partial charge is 0.323 e. The normalized spacial score (nSPS) is 15.7. The monoisotopic (exact) mass is 291 g/mol. The molecule has 1 aromatic rings. The lowest BCUT2D eigenvalue weighted by atomic mass is 10.0. The van der Waals surface area contributed by atoms with Gasteiger partial charge in [-0.15, -0.1) is 0 Å². The molecule has 2 rings (SSSR count). The summed E-state index contributed by atoms with van der Waals surface area (Å²) < 4.78 is 5.30. The molecule has 0 radical (unpaired) electrons. The molecular weight excluding hydrogens is 270 g/mol. The highest BCUT2D eigenvalue weighted by atomic mass is 16.5. The van der Waals surface area contributed by atoms with E-state index in [0.29, 0.717) is 31.6 Å². The fourth-order valence-electron chi connectivity index (χ4n) is 2.63. The lowest BCUT2D eigenvalue weighted by Gasteiger charge is -2.33. The molecule has 1 N–H and O–H groups in total. The fourth-order valence-corrected chi connectivity index (χ4v) is 2.63. The molecule has 1 saturated heterocycles. The summed E-state index contributed by atoms with van der Waals surface area (Å²) in [5.74, 6) is -1.19. The van der Waals surface area contributed by atoms with Gasteiger partial charge in [-0.2, -0.15) is 0 Å². The number of benzene rings is 1. The number of carboxylic acid groups (broad SMARTS) is 1. The molecule has 1 fully saturated rings. The second-order valence-corrected chi connectivity index (χ2v) is 5.49. The maximum absolute atomic E-state index is 12.8. The Morgan fingerprint density at radius 2 is 1.95 bits per heavy atom. The molecule has 114 valence electrons. The number of carbonyl (C=O) groups is 2. The standard InChI is InChI=1S/C16H21NO4/c1-11-3-4-12(2)14(9-11)16(20)17(10-15(18)19)13-5-7-21-8-6-13/h3-4,9,13H,5-8,10H2,1-2H3,(H,18,19). The molecule has 1 aromatic carbocycles. The van der Waals surface area contributed by atoms with Gasteiger partial charge in [-0.1, -0.05) is 17.7 Å². The van der Waals surface area contributed by atoms with Crippen LogP contribution in [0.3, 0.4) is 0 Å². The van der Waals surface area contributed by atoms with Gasteiger partial charge in [0.25, 0.3) is 5.91 Å². The third kappa shape index (κ3) is 3.82. The number of amides is 1. The zero-order valence-corrected chi connectivity index (χ0v) is 12.5. The average molecular weight is 291 g/mol. The number of rotatable bonds is 4. The van der Waals surface area contributed by atoms with E-state index in [1.54, 1.807) is 0 Å². The third-order valence-corrected chi connectivity index (χ3v) is 3.82. The van der Waals surface area contributed by atoms with E-state index in [0.717, 1.165) is 11.1 Å². The van der Waals surface area contributed by atoms with Crippen molar-refractivity contribution in [2.75, 3.05) is 19.8 Å². The molecule has 0 unspecified atom stereocenters. The Morgan fingerprint density at radius 3 is 2.57 bits per heavy atom. The van der Waals surface area contributed by atoms with Crippen molar-refractivity contribution in [1.29, 1.82) is 0 Å². The molecule has 0 aliphatic carbocycles. The van der Waals surface area contributed by atoms with Crippen molar-refractivity contribution in [2.45, 2.75) is 32.7 Å². The number of aryl methyl sites for hydroxylation is 2. The van der Waals surface area contributed by atoms with Crippen LogP contribution in [0.2, 0.25) is 0 Å². The van der Waals surface area contributed by atoms with Gasteiger partial charge in [0.15, 0.2) is 0 Å². The Bertz CT molecular complexity index is 535. The quantitative estimate of drug-likeness (QED) is 0.921. The molecule has 1 aliphatic heterocycles. The molecule has 0 aromatic heterocycles. The lowest BCUT2D eigenvalue weighted by Crippen LogP contribution is -2.46. The van der Waals surface area contributed by atoms with Crippen LogP contribution in [0, 0.1) is 13.8 Å². The highest BCUT2D eigenvalue weighted by molar-refractivity contribution is 5.97. The number of carbonyl (C=O) groups excluding carboxylic acids is 1. The SMILES string of the molecule is Cc1ccc(C)c(C(=O)N(CC(=O)O)C2CCOCC2)c1. The van der Waals surface area contributed by atoms with E-state index >= 15 is 0 Å². The minimum absolute atomic E-state index is 0.0673. The van der Waals surface area contributed by atoms with Crippen molar-refractivity contribution < 1.29 is 19.4 Å². The van der Waals surface area contributed by atoms with Crippen molar-refractivity contribution in [3.05, 3.63) is 34.9 Å². The molecule has 0 bridgehead atoms. The second kappa shape index (κ2) is 6.72. The van der Waals surface area contributed by atoms with Gasteiger partial charge in [0, 0.05) is 24.8 Å². The van der Waals surface area contributed by atoms with Gasteiger partial charge < -0.3 is 14.7 Å². The summed E-state index contributed by atoms with van der Waals surface area (Å²) in [6, 6.07) is 5.60. The van der Waals surface area contributed by atoms with Gasteiger partial charge in [0.1, 0.15) is 6.54 Å². The first kappa shape index (κ1) is 15.5. The lowest BCUT2D eigenvalue weighted by molar-refractivity contribution is -0.138. The Labute approximate surface area is 124 Å². The third-order valence-electron chi connectivity index (χ3n) is 3.82. The van der Waals surface area contributed by atoms with E-state index in [1.165, 1.54) is 4.90 Å². The second-order valence-electron chi connectivity index (χ2n) is 5.49. The van der Waals surface area contributed by atoms with Crippen molar-refractivity contribution in [1.82, 2.24) is 4.90 Å². The number of aliphatic carboxylic acids is 1. The maximum atomic E-state index is 12.8. The molecule has 0 saturated carbocycles. The summed E-state index contributed by atoms with van der Waals surface area (Å²) in [7, 11) is 0. The van der Waals surface area contributed by atoms with Crippen LogP contribution in [-0.2, 0) is 9.53 Å². The topological polar surface area (TPSA) is 66.8 Å². The number of ether oxygens (including phenoxy) is 1. The summed E-state index contributed by atoms with van der Waals surface area (Å²) in [4.78, 5) is 25.4. The van der Waals surface area contributed by atoms with Crippen molar-refractivity contribution in [3.63, 3.8) is 0 Å². The molecule has 21 heavy (non-hydrogen) atoms.